The predicted octanol–water partition coefficient (Wildman–Crippen LogP) is 4.41. The van der Waals surface area contributed by atoms with Gasteiger partial charge in [0.15, 0.2) is 5.69 Å². The van der Waals surface area contributed by atoms with Crippen molar-refractivity contribution in [3.63, 3.8) is 0 Å². The SMILES string of the molecule is O=C(NC1CCCc2c1cnn2Cc1ccccc1)c1nn(-c2ccccc2)c2c1CCC2. The number of hydrogen-bond donors (Lipinski definition) is 1. The van der Waals surface area contributed by atoms with Crippen molar-refractivity contribution in [2.45, 2.75) is 51.1 Å². The van der Waals surface area contributed by atoms with Crippen molar-refractivity contribution < 1.29 is 4.79 Å². The molecule has 6 heteroatoms. The van der Waals surface area contributed by atoms with Crippen molar-refractivity contribution >= 4 is 5.91 Å². The molecule has 6 nitrogen and oxygen atoms in total. The lowest BCUT2D eigenvalue weighted by Gasteiger charge is -2.24. The molecule has 1 unspecified atom stereocenters. The standard InChI is InChI=1S/C27H27N5O/c33-27(26-21-13-7-16-25(21)32(30-26)20-11-5-2-6-12-20)29-23-14-8-15-24-22(23)17-28-31(24)18-19-9-3-1-4-10-19/h1-6,9-12,17,23H,7-8,13-16,18H2,(H,29,33). The Morgan fingerprint density at radius 3 is 2.52 bits per heavy atom. The van der Waals surface area contributed by atoms with Crippen molar-refractivity contribution in [3.8, 4) is 5.69 Å². The zero-order chi connectivity index (χ0) is 22.2. The Kier molecular flexibility index (Phi) is 5.06. The van der Waals surface area contributed by atoms with E-state index in [2.05, 4.69) is 39.4 Å². The largest absolute Gasteiger partial charge is 0.344 e. The number of nitrogens with one attached hydrogen (secondary N) is 1. The summed E-state index contributed by atoms with van der Waals surface area (Å²) in [7, 11) is 0. The van der Waals surface area contributed by atoms with Gasteiger partial charge in [0.1, 0.15) is 0 Å². The number of carbonyl (C=O) groups excluding carboxylic acids is 1. The molecule has 2 aliphatic rings. The van der Waals surface area contributed by atoms with Crippen LogP contribution in [-0.4, -0.2) is 25.5 Å². The Balaban J connectivity index is 1.26. The first-order valence-electron chi connectivity index (χ1n) is 11.8. The summed E-state index contributed by atoms with van der Waals surface area (Å²) >= 11 is 0. The summed E-state index contributed by atoms with van der Waals surface area (Å²) in [4.78, 5) is 13.4. The first kappa shape index (κ1) is 20.0. The van der Waals surface area contributed by atoms with Crippen LogP contribution < -0.4 is 5.32 Å². The van der Waals surface area contributed by atoms with Gasteiger partial charge in [-0.05, 0) is 56.2 Å². The van der Waals surface area contributed by atoms with Crippen molar-refractivity contribution in [1.29, 1.82) is 0 Å². The van der Waals surface area contributed by atoms with E-state index in [1.807, 2.05) is 47.3 Å². The number of amides is 1. The lowest BCUT2D eigenvalue weighted by atomic mass is 9.92. The molecular weight excluding hydrogens is 410 g/mol. The highest BCUT2D eigenvalue weighted by molar-refractivity contribution is 5.94. The van der Waals surface area contributed by atoms with Gasteiger partial charge in [-0.15, -0.1) is 0 Å². The van der Waals surface area contributed by atoms with E-state index in [9.17, 15) is 4.79 Å². The second kappa shape index (κ2) is 8.35. The van der Waals surface area contributed by atoms with Crippen LogP contribution in [-0.2, 0) is 25.8 Å². The van der Waals surface area contributed by atoms with E-state index in [-0.39, 0.29) is 11.9 Å². The molecule has 0 saturated carbocycles. The quantitative estimate of drug-likeness (QED) is 0.503. The summed E-state index contributed by atoms with van der Waals surface area (Å²) in [6, 6.07) is 20.5. The van der Waals surface area contributed by atoms with Gasteiger partial charge in [-0.2, -0.15) is 10.2 Å². The fourth-order valence-corrected chi connectivity index (χ4v) is 5.29. The monoisotopic (exact) mass is 437 g/mol. The summed E-state index contributed by atoms with van der Waals surface area (Å²) < 4.78 is 4.05. The van der Waals surface area contributed by atoms with Gasteiger partial charge in [-0.25, -0.2) is 4.68 Å². The molecule has 0 bridgehead atoms. The Labute approximate surface area is 193 Å². The summed E-state index contributed by atoms with van der Waals surface area (Å²) in [6.07, 6.45) is 7.84. The van der Waals surface area contributed by atoms with E-state index < -0.39 is 0 Å². The van der Waals surface area contributed by atoms with Crippen LogP contribution in [0, 0.1) is 0 Å². The number of rotatable bonds is 5. The Morgan fingerprint density at radius 2 is 1.70 bits per heavy atom. The molecule has 2 aromatic heterocycles. The zero-order valence-electron chi connectivity index (χ0n) is 18.6. The van der Waals surface area contributed by atoms with Crippen molar-refractivity contribution in [2.75, 3.05) is 0 Å². The minimum absolute atomic E-state index is 0.0234. The molecule has 1 amide bonds. The van der Waals surface area contributed by atoms with E-state index >= 15 is 0 Å². The number of carbonyl (C=O) groups is 1. The topological polar surface area (TPSA) is 64.7 Å². The molecule has 0 spiro atoms. The van der Waals surface area contributed by atoms with Gasteiger partial charge in [-0.1, -0.05) is 48.5 Å². The van der Waals surface area contributed by atoms with E-state index in [1.54, 1.807) is 0 Å². The molecule has 0 radical (unpaired) electrons. The Bertz CT molecular complexity index is 1290. The van der Waals surface area contributed by atoms with Crippen LogP contribution in [0.1, 0.15) is 63.9 Å². The molecule has 0 fully saturated rings. The highest BCUT2D eigenvalue weighted by atomic mass is 16.2. The summed E-state index contributed by atoms with van der Waals surface area (Å²) in [5.74, 6) is -0.0727. The fourth-order valence-electron chi connectivity index (χ4n) is 5.29. The highest BCUT2D eigenvalue weighted by Gasteiger charge is 2.30. The molecule has 4 aromatic rings. The van der Waals surface area contributed by atoms with Gasteiger partial charge in [0, 0.05) is 22.5 Å². The van der Waals surface area contributed by atoms with Gasteiger partial charge in [0.2, 0.25) is 0 Å². The highest BCUT2D eigenvalue weighted by Crippen LogP contribution is 2.32. The van der Waals surface area contributed by atoms with Crippen LogP contribution in [0.3, 0.4) is 0 Å². The average Bonchev–Trinajstić information content (AvgIpc) is 3.57. The lowest BCUT2D eigenvalue weighted by Crippen LogP contribution is -2.32. The molecule has 2 heterocycles. The van der Waals surface area contributed by atoms with Gasteiger partial charge < -0.3 is 5.32 Å². The second-order valence-electron chi connectivity index (χ2n) is 8.98. The lowest BCUT2D eigenvalue weighted by molar-refractivity contribution is 0.0926. The Hall–Kier alpha value is -3.67. The molecule has 2 aromatic carbocycles. The summed E-state index contributed by atoms with van der Waals surface area (Å²) in [6.45, 7) is 0.756. The maximum Gasteiger partial charge on any atom is 0.272 e. The smallest absolute Gasteiger partial charge is 0.272 e. The number of benzene rings is 2. The molecule has 166 valence electrons. The third-order valence-corrected chi connectivity index (χ3v) is 6.89. The average molecular weight is 438 g/mol. The number of para-hydroxylation sites is 1. The molecule has 1 N–H and O–H groups in total. The first-order valence-corrected chi connectivity index (χ1v) is 11.8. The van der Waals surface area contributed by atoms with Crippen molar-refractivity contribution in [2.24, 2.45) is 0 Å². The van der Waals surface area contributed by atoms with Gasteiger partial charge in [-0.3, -0.25) is 9.48 Å². The third kappa shape index (κ3) is 3.65. The molecule has 0 aliphatic heterocycles. The fraction of sp³-hybridized carbons (Fsp3) is 0.296. The predicted molar refractivity (Wildman–Crippen MR) is 127 cm³/mol. The van der Waals surface area contributed by atoms with Crippen molar-refractivity contribution in [1.82, 2.24) is 24.9 Å². The molecule has 1 atom stereocenters. The van der Waals surface area contributed by atoms with E-state index in [0.29, 0.717) is 5.69 Å². The van der Waals surface area contributed by atoms with Crippen LogP contribution in [0.2, 0.25) is 0 Å². The summed E-state index contributed by atoms with van der Waals surface area (Å²) in [5.41, 5.74) is 7.47. The van der Waals surface area contributed by atoms with Crippen LogP contribution >= 0.6 is 0 Å². The zero-order valence-corrected chi connectivity index (χ0v) is 18.6. The van der Waals surface area contributed by atoms with Crippen molar-refractivity contribution in [3.05, 3.63) is 101 Å². The Morgan fingerprint density at radius 1 is 0.939 bits per heavy atom. The minimum atomic E-state index is -0.0727. The molecule has 2 aliphatic carbocycles. The molecular formula is C27H27N5O. The third-order valence-electron chi connectivity index (χ3n) is 6.89. The maximum absolute atomic E-state index is 13.4. The summed E-state index contributed by atoms with van der Waals surface area (Å²) in [5, 5.41) is 12.7. The van der Waals surface area contributed by atoms with Crippen LogP contribution in [0.5, 0.6) is 0 Å². The van der Waals surface area contributed by atoms with E-state index in [4.69, 9.17) is 5.10 Å². The number of nitrogens with zero attached hydrogens (tertiary/aromatic N) is 4. The molecule has 33 heavy (non-hydrogen) atoms. The normalized spacial score (nSPS) is 16.9. The van der Waals surface area contributed by atoms with Crippen LogP contribution in [0.25, 0.3) is 5.69 Å². The van der Waals surface area contributed by atoms with Crippen LogP contribution in [0.15, 0.2) is 66.9 Å². The van der Waals surface area contributed by atoms with Gasteiger partial charge >= 0.3 is 0 Å². The number of fused-ring (bicyclic) bond motifs is 2. The second-order valence-corrected chi connectivity index (χ2v) is 8.98. The van der Waals surface area contributed by atoms with Gasteiger partial charge in [0.05, 0.1) is 24.5 Å². The first-order chi connectivity index (χ1) is 16.3. The van der Waals surface area contributed by atoms with E-state index in [1.165, 1.54) is 17.0 Å². The van der Waals surface area contributed by atoms with Gasteiger partial charge in [0.25, 0.3) is 5.91 Å². The van der Waals surface area contributed by atoms with Crippen LogP contribution in [0.4, 0.5) is 0 Å². The molecule has 6 rings (SSSR count). The molecule has 0 saturated heterocycles. The maximum atomic E-state index is 13.4. The number of hydrogen-bond acceptors (Lipinski definition) is 3. The van der Waals surface area contributed by atoms with E-state index in [0.717, 1.165) is 61.9 Å². The number of aromatic nitrogens is 4. The minimum Gasteiger partial charge on any atom is -0.344 e.